The van der Waals surface area contributed by atoms with Crippen LogP contribution >= 0.6 is 23.2 Å². The smallest absolute Gasteiger partial charge is 0.314 e. The van der Waals surface area contributed by atoms with Crippen LogP contribution in [0, 0.1) is 11.3 Å². The third kappa shape index (κ3) is 2.97. The summed E-state index contributed by atoms with van der Waals surface area (Å²) in [6.07, 6.45) is 1.89. The fraction of sp³-hybridized carbons (Fsp3) is 0.345. The van der Waals surface area contributed by atoms with Gasteiger partial charge in [-0.05, 0) is 47.2 Å². The first-order chi connectivity index (χ1) is 16.5. The highest BCUT2D eigenvalue weighted by Crippen LogP contribution is 2.69. The van der Waals surface area contributed by atoms with Crippen LogP contribution in [-0.2, 0) is 21.5 Å². The maximum atomic E-state index is 13.8. The summed E-state index contributed by atoms with van der Waals surface area (Å²) in [6.45, 7) is 2.31. The molecule has 0 amide bonds. The van der Waals surface area contributed by atoms with Crippen molar-refractivity contribution in [2.75, 3.05) is 20.2 Å². The summed E-state index contributed by atoms with van der Waals surface area (Å²) in [4.78, 5) is 16.2. The quantitative estimate of drug-likeness (QED) is 0.392. The molecule has 3 aromatic carbocycles. The van der Waals surface area contributed by atoms with Gasteiger partial charge < -0.3 is 4.74 Å². The van der Waals surface area contributed by atoms with E-state index in [-0.39, 0.29) is 23.2 Å². The van der Waals surface area contributed by atoms with Crippen LogP contribution in [0.4, 0.5) is 0 Å². The standard InChI is InChI=1S/C29H27Cl2NO2/c1-34-27(33)29-18-32(16-19-7-3-2-4-8-19)17-26(29)28(24-12-11-20(30)15-25(24)31)14-13-23(29)21-9-5-6-10-22(21)28/h2-12,15,23,26H,13-14,16-18H2,1H3. The highest BCUT2D eigenvalue weighted by atomic mass is 35.5. The van der Waals surface area contributed by atoms with Crippen LogP contribution in [-0.4, -0.2) is 31.1 Å². The first kappa shape index (κ1) is 22.2. The topological polar surface area (TPSA) is 29.5 Å². The van der Waals surface area contributed by atoms with E-state index in [0.29, 0.717) is 16.6 Å². The van der Waals surface area contributed by atoms with E-state index in [1.807, 2.05) is 18.2 Å². The zero-order chi connectivity index (χ0) is 23.5. The lowest BCUT2D eigenvalue weighted by atomic mass is 9.42. The first-order valence-electron chi connectivity index (χ1n) is 11.9. The lowest BCUT2D eigenvalue weighted by Gasteiger charge is -2.59. The van der Waals surface area contributed by atoms with E-state index in [0.717, 1.165) is 31.5 Å². The maximum absolute atomic E-state index is 13.8. The van der Waals surface area contributed by atoms with E-state index in [2.05, 4.69) is 59.5 Å². The van der Waals surface area contributed by atoms with E-state index in [4.69, 9.17) is 27.9 Å². The molecule has 7 rings (SSSR count). The number of nitrogens with zero attached hydrogens (tertiary/aromatic N) is 1. The number of hydrogen-bond donors (Lipinski definition) is 0. The highest BCUT2D eigenvalue weighted by molar-refractivity contribution is 6.35. The second-order valence-corrected chi connectivity index (χ2v) is 10.9. The number of fused-ring (bicyclic) bond motifs is 1. The third-order valence-corrected chi connectivity index (χ3v) is 9.18. The van der Waals surface area contributed by atoms with Gasteiger partial charge in [-0.15, -0.1) is 0 Å². The fourth-order valence-electron chi connectivity index (χ4n) is 7.50. The molecule has 5 heteroatoms. The lowest BCUT2D eigenvalue weighted by Crippen LogP contribution is -2.60. The molecule has 0 aromatic heterocycles. The van der Waals surface area contributed by atoms with Crippen molar-refractivity contribution in [2.45, 2.75) is 30.7 Å². The molecular formula is C29H27Cl2NO2. The van der Waals surface area contributed by atoms with Crippen LogP contribution in [0.2, 0.25) is 10.0 Å². The molecule has 0 spiro atoms. The van der Waals surface area contributed by atoms with Gasteiger partial charge in [-0.1, -0.05) is 83.9 Å². The van der Waals surface area contributed by atoms with Crippen LogP contribution < -0.4 is 0 Å². The van der Waals surface area contributed by atoms with E-state index in [1.165, 1.54) is 23.8 Å². The molecule has 0 N–H and O–H groups in total. The molecule has 3 nitrogen and oxygen atoms in total. The summed E-state index contributed by atoms with van der Waals surface area (Å²) in [6, 6.07) is 25.0. The molecular weight excluding hydrogens is 465 g/mol. The molecule has 174 valence electrons. The number of esters is 1. The van der Waals surface area contributed by atoms with Crippen LogP contribution in [0.5, 0.6) is 0 Å². The summed E-state index contributed by atoms with van der Waals surface area (Å²) < 4.78 is 5.57. The number of carbonyl (C=O) groups is 1. The molecule has 0 radical (unpaired) electrons. The molecule has 1 aliphatic heterocycles. The van der Waals surface area contributed by atoms with Gasteiger partial charge >= 0.3 is 5.97 Å². The number of halogens is 2. The van der Waals surface area contributed by atoms with Crippen molar-refractivity contribution in [3.63, 3.8) is 0 Å². The number of methoxy groups -OCH3 is 1. The Kier molecular flexibility index (Phi) is 5.29. The molecule has 4 atom stereocenters. The Morgan fingerprint density at radius 1 is 1.03 bits per heavy atom. The predicted molar refractivity (Wildman–Crippen MR) is 135 cm³/mol. The van der Waals surface area contributed by atoms with Crippen LogP contribution in [0.15, 0.2) is 72.8 Å². The first-order valence-corrected chi connectivity index (χ1v) is 12.7. The minimum atomic E-state index is -0.612. The summed E-state index contributed by atoms with van der Waals surface area (Å²) in [5.74, 6) is 0.0973. The SMILES string of the molecule is COC(=O)C12CN(Cc3ccccc3)CC1C1(c3ccc(Cl)cc3Cl)CCC2c2ccccc21. The summed E-state index contributed by atoms with van der Waals surface area (Å²) in [5, 5.41) is 1.29. The molecule has 34 heavy (non-hydrogen) atoms. The van der Waals surface area contributed by atoms with Crippen molar-refractivity contribution in [3.05, 3.63) is 105 Å². The average Bonchev–Trinajstić information content (AvgIpc) is 3.26. The Labute approximate surface area is 210 Å². The van der Waals surface area contributed by atoms with Gasteiger partial charge in [0, 0.05) is 46.9 Å². The van der Waals surface area contributed by atoms with E-state index < -0.39 is 5.41 Å². The normalized spacial score (nSPS) is 29.5. The molecule has 3 aromatic rings. The zero-order valence-electron chi connectivity index (χ0n) is 19.1. The number of hydrogen-bond acceptors (Lipinski definition) is 3. The summed E-state index contributed by atoms with van der Waals surface area (Å²) in [5.41, 5.74) is 3.92. The number of benzene rings is 3. The maximum Gasteiger partial charge on any atom is 0.314 e. The largest absolute Gasteiger partial charge is 0.469 e. The number of ether oxygens (including phenoxy) is 1. The molecule has 4 aliphatic rings. The van der Waals surface area contributed by atoms with Gasteiger partial charge in [-0.2, -0.15) is 0 Å². The van der Waals surface area contributed by atoms with Gasteiger partial charge in [0.25, 0.3) is 0 Å². The van der Waals surface area contributed by atoms with Crippen LogP contribution in [0.3, 0.4) is 0 Å². The second kappa shape index (κ2) is 8.12. The number of likely N-dealkylation sites (tertiary alicyclic amines) is 1. The Hall–Kier alpha value is -2.33. The third-order valence-electron chi connectivity index (χ3n) is 8.63. The van der Waals surface area contributed by atoms with Crippen molar-refractivity contribution >= 4 is 29.2 Å². The van der Waals surface area contributed by atoms with Gasteiger partial charge in [-0.25, -0.2) is 0 Å². The average molecular weight is 492 g/mol. The monoisotopic (exact) mass is 491 g/mol. The summed E-state index contributed by atoms with van der Waals surface area (Å²) in [7, 11) is 1.53. The fourth-order valence-corrected chi connectivity index (χ4v) is 8.08. The van der Waals surface area contributed by atoms with Gasteiger partial charge in [-0.3, -0.25) is 9.69 Å². The predicted octanol–water partition coefficient (Wildman–Crippen LogP) is 6.46. The van der Waals surface area contributed by atoms with Gasteiger partial charge in [0.15, 0.2) is 0 Å². The zero-order valence-corrected chi connectivity index (χ0v) is 20.6. The number of rotatable bonds is 4. The van der Waals surface area contributed by atoms with Crippen molar-refractivity contribution in [1.29, 1.82) is 0 Å². The van der Waals surface area contributed by atoms with Crippen molar-refractivity contribution in [3.8, 4) is 0 Å². The van der Waals surface area contributed by atoms with Crippen molar-refractivity contribution in [2.24, 2.45) is 11.3 Å². The van der Waals surface area contributed by atoms with Crippen molar-refractivity contribution in [1.82, 2.24) is 4.90 Å². The van der Waals surface area contributed by atoms with Crippen molar-refractivity contribution < 1.29 is 9.53 Å². The Bertz CT molecular complexity index is 1260. The Morgan fingerprint density at radius 2 is 1.79 bits per heavy atom. The van der Waals surface area contributed by atoms with Crippen LogP contribution in [0.1, 0.15) is 41.0 Å². The molecule has 3 aliphatic carbocycles. The minimum Gasteiger partial charge on any atom is -0.469 e. The minimum absolute atomic E-state index is 0.0588. The molecule has 1 heterocycles. The second-order valence-electron chi connectivity index (χ2n) is 10.0. The molecule has 2 fully saturated rings. The van der Waals surface area contributed by atoms with Gasteiger partial charge in [0.1, 0.15) is 0 Å². The van der Waals surface area contributed by atoms with E-state index in [9.17, 15) is 4.79 Å². The Morgan fingerprint density at radius 3 is 2.56 bits per heavy atom. The lowest BCUT2D eigenvalue weighted by molar-refractivity contribution is -0.161. The highest BCUT2D eigenvalue weighted by Gasteiger charge is 2.70. The molecule has 1 saturated heterocycles. The van der Waals surface area contributed by atoms with E-state index in [1.54, 1.807) is 0 Å². The van der Waals surface area contributed by atoms with E-state index >= 15 is 0 Å². The summed E-state index contributed by atoms with van der Waals surface area (Å²) >= 11 is 13.2. The Balaban J connectivity index is 1.57. The van der Waals surface area contributed by atoms with Crippen LogP contribution in [0.25, 0.3) is 0 Å². The number of carbonyl (C=O) groups excluding carboxylic acids is 1. The van der Waals surface area contributed by atoms with Gasteiger partial charge in [0.2, 0.25) is 0 Å². The van der Waals surface area contributed by atoms with Gasteiger partial charge in [0.05, 0.1) is 12.5 Å². The molecule has 4 unspecified atom stereocenters. The molecule has 1 saturated carbocycles. The molecule has 2 bridgehead atoms.